The van der Waals surface area contributed by atoms with Crippen LogP contribution in [0.3, 0.4) is 0 Å². The fourth-order valence-electron chi connectivity index (χ4n) is 4.50. The van der Waals surface area contributed by atoms with Crippen LogP contribution in [0.15, 0.2) is 65.7 Å². The van der Waals surface area contributed by atoms with Gasteiger partial charge in [-0.15, -0.1) is 5.10 Å². The van der Waals surface area contributed by atoms with Gasteiger partial charge in [0, 0.05) is 18.7 Å². The molecule has 0 aliphatic carbocycles. The molecule has 0 atom stereocenters. The third-order valence-electron chi connectivity index (χ3n) is 6.66. The number of rotatable bonds is 10. The molecule has 0 unspecified atom stereocenters. The number of hydrogen-bond acceptors (Lipinski definition) is 9. The van der Waals surface area contributed by atoms with Crippen LogP contribution in [0.4, 0.5) is 0 Å². The lowest BCUT2D eigenvalue weighted by Gasteiger charge is -2.29. The van der Waals surface area contributed by atoms with Crippen molar-refractivity contribution < 1.29 is 32.2 Å². The van der Waals surface area contributed by atoms with Crippen LogP contribution in [0.2, 0.25) is 0 Å². The van der Waals surface area contributed by atoms with Gasteiger partial charge in [0.2, 0.25) is 10.0 Å². The number of carbonyl (C=O) groups excluding carboxylic acids is 1. The summed E-state index contributed by atoms with van der Waals surface area (Å²) in [7, 11) is 0.922. The van der Waals surface area contributed by atoms with E-state index in [1.165, 1.54) is 16.1 Å². The fraction of sp³-hybridized carbons (Fsp3) is 0.250. The third kappa shape index (κ3) is 5.36. The Labute approximate surface area is 231 Å². The predicted molar refractivity (Wildman–Crippen MR) is 145 cm³/mol. The van der Waals surface area contributed by atoms with Gasteiger partial charge in [-0.05, 0) is 72.1 Å². The van der Waals surface area contributed by atoms with E-state index in [0.717, 1.165) is 17.4 Å². The average molecular weight is 565 g/mol. The summed E-state index contributed by atoms with van der Waals surface area (Å²) in [5.74, 6) is 2.10. The lowest BCUT2D eigenvalue weighted by Crippen LogP contribution is -2.36. The highest BCUT2D eigenvalue weighted by Crippen LogP contribution is 2.35. The molecule has 11 nitrogen and oxygen atoms in total. The first-order valence-corrected chi connectivity index (χ1v) is 13.8. The normalized spacial score (nSPS) is 13.4. The SMILES string of the molecule is COc1cc2c(cc1OC)CN(S(=O)(=O)c1ccc(-n3cc(COc4cc(C=O)ccc4OC)nn3)cc1)CC2. The summed E-state index contributed by atoms with van der Waals surface area (Å²) in [6.07, 6.45) is 2.98. The summed E-state index contributed by atoms with van der Waals surface area (Å²) >= 11 is 0. The summed E-state index contributed by atoms with van der Waals surface area (Å²) < 4.78 is 51.7. The van der Waals surface area contributed by atoms with E-state index in [9.17, 15) is 13.2 Å². The third-order valence-corrected chi connectivity index (χ3v) is 8.52. The molecular formula is C28H28N4O7S. The maximum absolute atomic E-state index is 13.4. The second kappa shape index (κ2) is 11.4. The Balaban J connectivity index is 1.28. The molecule has 1 aliphatic heterocycles. The molecule has 0 fully saturated rings. The molecule has 40 heavy (non-hydrogen) atoms. The second-order valence-corrected chi connectivity index (χ2v) is 11.0. The van der Waals surface area contributed by atoms with Crippen LogP contribution in [-0.2, 0) is 29.6 Å². The highest BCUT2D eigenvalue weighted by atomic mass is 32.2. The van der Waals surface area contributed by atoms with E-state index in [-0.39, 0.29) is 18.0 Å². The van der Waals surface area contributed by atoms with Gasteiger partial charge in [-0.1, -0.05) is 5.21 Å². The maximum Gasteiger partial charge on any atom is 0.243 e. The van der Waals surface area contributed by atoms with Crippen LogP contribution in [-0.4, -0.2) is 61.9 Å². The Kier molecular flexibility index (Phi) is 7.71. The highest BCUT2D eigenvalue weighted by molar-refractivity contribution is 7.89. The summed E-state index contributed by atoms with van der Waals surface area (Å²) in [5.41, 5.74) is 3.56. The molecule has 3 aromatic carbocycles. The van der Waals surface area contributed by atoms with Crippen molar-refractivity contribution >= 4 is 16.3 Å². The van der Waals surface area contributed by atoms with Gasteiger partial charge in [0.05, 0.1) is 38.1 Å². The smallest absolute Gasteiger partial charge is 0.243 e. The lowest BCUT2D eigenvalue weighted by atomic mass is 10.0. The summed E-state index contributed by atoms with van der Waals surface area (Å²) in [5, 5.41) is 8.26. The van der Waals surface area contributed by atoms with E-state index in [1.807, 2.05) is 12.1 Å². The number of fused-ring (bicyclic) bond motifs is 1. The van der Waals surface area contributed by atoms with Crippen LogP contribution < -0.4 is 18.9 Å². The van der Waals surface area contributed by atoms with Gasteiger partial charge in [0.1, 0.15) is 18.6 Å². The number of ether oxygens (including phenoxy) is 4. The number of carbonyl (C=O) groups is 1. The molecule has 0 N–H and O–H groups in total. The van der Waals surface area contributed by atoms with Gasteiger partial charge in [-0.2, -0.15) is 4.31 Å². The van der Waals surface area contributed by atoms with Crippen molar-refractivity contribution in [2.75, 3.05) is 27.9 Å². The van der Waals surface area contributed by atoms with Gasteiger partial charge >= 0.3 is 0 Å². The van der Waals surface area contributed by atoms with E-state index in [4.69, 9.17) is 18.9 Å². The summed E-state index contributed by atoms with van der Waals surface area (Å²) in [4.78, 5) is 11.3. The van der Waals surface area contributed by atoms with Crippen molar-refractivity contribution in [3.8, 4) is 28.7 Å². The van der Waals surface area contributed by atoms with Crippen molar-refractivity contribution in [2.24, 2.45) is 0 Å². The molecule has 0 saturated carbocycles. The minimum atomic E-state index is -3.73. The molecule has 1 aliphatic rings. The van der Waals surface area contributed by atoms with E-state index in [1.54, 1.807) is 62.9 Å². The second-order valence-electron chi connectivity index (χ2n) is 9.03. The molecule has 5 rings (SSSR count). The molecule has 12 heteroatoms. The number of aldehydes is 1. The van der Waals surface area contributed by atoms with Crippen LogP contribution in [0.5, 0.6) is 23.0 Å². The van der Waals surface area contributed by atoms with Crippen molar-refractivity contribution in [1.82, 2.24) is 19.3 Å². The first kappa shape index (κ1) is 27.2. The summed E-state index contributed by atoms with van der Waals surface area (Å²) in [6, 6.07) is 15.1. The van der Waals surface area contributed by atoms with Gasteiger partial charge in [0.15, 0.2) is 23.0 Å². The number of aromatic nitrogens is 3. The molecule has 0 bridgehead atoms. The monoisotopic (exact) mass is 564 g/mol. The maximum atomic E-state index is 13.4. The fourth-order valence-corrected chi connectivity index (χ4v) is 5.92. The molecule has 0 spiro atoms. The van der Waals surface area contributed by atoms with Crippen molar-refractivity contribution in [2.45, 2.75) is 24.5 Å². The van der Waals surface area contributed by atoms with Gasteiger partial charge in [-0.3, -0.25) is 4.79 Å². The van der Waals surface area contributed by atoms with Gasteiger partial charge < -0.3 is 18.9 Å². The molecule has 1 aromatic heterocycles. The first-order chi connectivity index (χ1) is 19.4. The quantitative estimate of drug-likeness (QED) is 0.267. The number of hydrogen-bond donors (Lipinski definition) is 0. The average Bonchev–Trinajstić information content (AvgIpc) is 3.48. The molecule has 0 saturated heterocycles. The Bertz CT molecular complexity index is 1640. The minimum Gasteiger partial charge on any atom is -0.493 e. The number of nitrogens with zero attached hydrogens (tertiary/aromatic N) is 4. The van der Waals surface area contributed by atoms with Gasteiger partial charge in [-0.25, -0.2) is 13.1 Å². The largest absolute Gasteiger partial charge is 0.493 e. The van der Waals surface area contributed by atoms with E-state index >= 15 is 0 Å². The van der Waals surface area contributed by atoms with Crippen LogP contribution in [0, 0.1) is 0 Å². The van der Waals surface area contributed by atoms with E-state index in [2.05, 4.69) is 10.3 Å². The highest BCUT2D eigenvalue weighted by Gasteiger charge is 2.29. The molecule has 2 heterocycles. The molecule has 0 amide bonds. The van der Waals surface area contributed by atoms with Crippen LogP contribution >= 0.6 is 0 Å². The van der Waals surface area contributed by atoms with E-state index in [0.29, 0.717) is 52.9 Å². The Morgan fingerprint density at radius 1 is 0.875 bits per heavy atom. The number of sulfonamides is 1. The molecule has 0 radical (unpaired) electrons. The Morgan fingerprint density at radius 2 is 1.57 bits per heavy atom. The Hall–Kier alpha value is -4.42. The van der Waals surface area contributed by atoms with Crippen molar-refractivity contribution in [3.05, 3.63) is 83.2 Å². The predicted octanol–water partition coefficient (Wildman–Crippen LogP) is 3.43. The Morgan fingerprint density at radius 3 is 2.25 bits per heavy atom. The van der Waals surface area contributed by atoms with Crippen LogP contribution in [0.25, 0.3) is 5.69 Å². The minimum absolute atomic E-state index is 0.0955. The van der Waals surface area contributed by atoms with Crippen LogP contribution in [0.1, 0.15) is 27.2 Å². The van der Waals surface area contributed by atoms with Crippen molar-refractivity contribution in [1.29, 1.82) is 0 Å². The zero-order valence-electron chi connectivity index (χ0n) is 22.2. The van der Waals surface area contributed by atoms with Crippen molar-refractivity contribution in [3.63, 3.8) is 0 Å². The molecule has 208 valence electrons. The molecular weight excluding hydrogens is 536 g/mol. The summed E-state index contributed by atoms with van der Waals surface area (Å²) in [6.45, 7) is 0.699. The van der Waals surface area contributed by atoms with E-state index < -0.39 is 10.0 Å². The zero-order valence-corrected chi connectivity index (χ0v) is 23.1. The number of methoxy groups -OCH3 is 3. The zero-order chi connectivity index (χ0) is 28.3. The number of benzene rings is 3. The lowest BCUT2D eigenvalue weighted by molar-refractivity contribution is 0.112. The standard InChI is InChI=1S/C28H28N4O7S/c1-36-25-9-4-19(17-33)12-28(25)39-18-22-16-32(30-29-22)23-5-7-24(8-6-23)40(34,35)31-11-10-20-13-26(37-2)27(38-3)14-21(20)15-31/h4-9,12-14,16-17H,10-11,15,18H2,1-3H3. The van der Waals surface area contributed by atoms with Gasteiger partial charge in [0.25, 0.3) is 0 Å². The first-order valence-electron chi connectivity index (χ1n) is 12.4. The molecule has 4 aromatic rings. The topological polar surface area (TPSA) is 122 Å².